The minimum absolute atomic E-state index is 0.116. The molecule has 1 amide bonds. The minimum atomic E-state index is -1.04. The molecule has 0 unspecified atom stereocenters. The first kappa shape index (κ1) is 14.4. The van der Waals surface area contributed by atoms with Gasteiger partial charge in [-0.15, -0.1) is 0 Å². The Morgan fingerprint density at radius 3 is 2.52 bits per heavy atom. The summed E-state index contributed by atoms with van der Waals surface area (Å²) in [5.74, 6) is -2.10. The minimum Gasteiger partial charge on any atom is -0.478 e. The first-order chi connectivity index (χ1) is 10.0. The molecule has 1 heterocycles. The van der Waals surface area contributed by atoms with Crippen molar-refractivity contribution in [3.63, 3.8) is 0 Å². The highest BCUT2D eigenvalue weighted by atomic mass is 19.1. The highest BCUT2D eigenvalue weighted by Crippen LogP contribution is 2.12. The Balaban J connectivity index is 2.06. The molecule has 0 atom stereocenters. The number of hydrogen-bond acceptors (Lipinski definition) is 3. The van der Waals surface area contributed by atoms with Crippen molar-refractivity contribution in [2.45, 2.75) is 0 Å². The number of carbonyl (C=O) groups excluding carboxylic acids is 1. The second kappa shape index (κ2) is 6.42. The highest BCUT2D eigenvalue weighted by molar-refractivity contribution is 6.04. The van der Waals surface area contributed by atoms with E-state index < -0.39 is 17.7 Å². The molecule has 2 N–H and O–H groups in total. The lowest BCUT2D eigenvalue weighted by atomic mass is 10.2. The van der Waals surface area contributed by atoms with E-state index in [9.17, 15) is 14.0 Å². The predicted molar refractivity (Wildman–Crippen MR) is 75.3 cm³/mol. The standard InChI is InChI=1S/C15H11FN2O3/c16-12-7-11(8-17-9-12)15(21)18-13-4-1-10(2-5-13)3-6-14(19)20/h1-9H,(H,18,21)(H,19,20)/b6-3+. The van der Waals surface area contributed by atoms with E-state index in [1.165, 1.54) is 12.3 Å². The summed E-state index contributed by atoms with van der Waals surface area (Å²) in [4.78, 5) is 25.8. The number of halogens is 1. The Morgan fingerprint density at radius 2 is 1.90 bits per heavy atom. The van der Waals surface area contributed by atoms with Crippen molar-refractivity contribution in [2.75, 3.05) is 5.32 Å². The molecule has 0 spiro atoms. The Hall–Kier alpha value is -3.02. The second-order valence-corrected chi connectivity index (χ2v) is 4.14. The van der Waals surface area contributed by atoms with Crippen LogP contribution >= 0.6 is 0 Å². The number of hydrogen-bond donors (Lipinski definition) is 2. The zero-order chi connectivity index (χ0) is 15.2. The molecule has 1 aromatic heterocycles. The Morgan fingerprint density at radius 1 is 1.19 bits per heavy atom. The molecule has 0 fully saturated rings. The molecule has 5 nitrogen and oxygen atoms in total. The zero-order valence-corrected chi connectivity index (χ0v) is 10.8. The van der Waals surface area contributed by atoms with E-state index in [1.54, 1.807) is 24.3 Å². The van der Waals surface area contributed by atoms with E-state index in [1.807, 2.05) is 0 Å². The van der Waals surface area contributed by atoms with Crippen molar-refractivity contribution in [3.05, 3.63) is 65.7 Å². The van der Waals surface area contributed by atoms with E-state index in [2.05, 4.69) is 10.3 Å². The molecule has 0 saturated carbocycles. The van der Waals surface area contributed by atoms with Gasteiger partial charge < -0.3 is 10.4 Å². The summed E-state index contributed by atoms with van der Waals surface area (Å²) >= 11 is 0. The average Bonchev–Trinajstić information content (AvgIpc) is 2.46. The van der Waals surface area contributed by atoms with Crippen molar-refractivity contribution in [1.82, 2.24) is 4.98 Å². The van der Waals surface area contributed by atoms with Crippen LogP contribution in [-0.4, -0.2) is 22.0 Å². The monoisotopic (exact) mass is 286 g/mol. The molecule has 0 radical (unpaired) electrons. The fourth-order valence-electron chi connectivity index (χ4n) is 1.58. The van der Waals surface area contributed by atoms with Crippen molar-refractivity contribution in [1.29, 1.82) is 0 Å². The van der Waals surface area contributed by atoms with Crippen LogP contribution in [0.1, 0.15) is 15.9 Å². The molecule has 0 saturated heterocycles. The van der Waals surface area contributed by atoms with Crippen LogP contribution in [0.15, 0.2) is 48.8 Å². The summed E-state index contributed by atoms with van der Waals surface area (Å²) in [7, 11) is 0. The summed E-state index contributed by atoms with van der Waals surface area (Å²) in [6, 6.07) is 7.63. The smallest absolute Gasteiger partial charge is 0.328 e. The number of amides is 1. The molecule has 21 heavy (non-hydrogen) atoms. The van der Waals surface area contributed by atoms with E-state index in [0.29, 0.717) is 11.3 Å². The van der Waals surface area contributed by atoms with Gasteiger partial charge in [-0.3, -0.25) is 9.78 Å². The van der Waals surface area contributed by atoms with Crippen LogP contribution in [0, 0.1) is 5.82 Å². The summed E-state index contributed by atoms with van der Waals surface area (Å²) in [5, 5.41) is 11.1. The number of nitrogens with zero attached hydrogens (tertiary/aromatic N) is 1. The Labute approximate surface area is 119 Å². The Bertz CT molecular complexity index is 696. The van der Waals surface area contributed by atoms with Gasteiger partial charge in [-0.2, -0.15) is 0 Å². The van der Waals surface area contributed by atoms with Crippen LogP contribution in [-0.2, 0) is 4.79 Å². The summed E-state index contributed by atoms with van der Waals surface area (Å²) in [5.41, 5.74) is 1.31. The number of pyridine rings is 1. The van der Waals surface area contributed by atoms with Gasteiger partial charge in [0.2, 0.25) is 0 Å². The van der Waals surface area contributed by atoms with Gasteiger partial charge in [-0.25, -0.2) is 9.18 Å². The van der Waals surface area contributed by atoms with Crippen molar-refractivity contribution in [3.8, 4) is 0 Å². The molecule has 6 heteroatoms. The maximum absolute atomic E-state index is 13.0. The number of carboxylic acid groups (broad SMARTS) is 1. The Kier molecular flexibility index (Phi) is 4.40. The third-order valence-electron chi connectivity index (χ3n) is 2.55. The maximum atomic E-state index is 13.0. The lowest BCUT2D eigenvalue weighted by Crippen LogP contribution is -2.12. The summed E-state index contributed by atoms with van der Waals surface area (Å²) in [6.07, 6.45) is 4.74. The van der Waals surface area contributed by atoms with Crippen molar-refractivity contribution in [2.24, 2.45) is 0 Å². The highest BCUT2D eigenvalue weighted by Gasteiger charge is 2.07. The van der Waals surface area contributed by atoms with Gasteiger partial charge in [0.25, 0.3) is 5.91 Å². The first-order valence-electron chi connectivity index (χ1n) is 5.97. The number of rotatable bonds is 4. The number of carboxylic acids is 1. The molecular formula is C15H11FN2O3. The zero-order valence-electron chi connectivity index (χ0n) is 10.8. The van der Waals surface area contributed by atoms with Crippen molar-refractivity contribution < 1.29 is 19.1 Å². The molecule has 0 aliphatic rings. The third kappa shape index (κ3) is 4.24. The van der Waals surface area contributed by atoms with Crippen LogP contribution in [0.25, 0.3) is 6.08 Å². The molecule has 1 aromatic carbocycles. The van der Waals surface area contributed by atoms with Crippen LogP contribution in [0.3, 0.4) is 0 Å². The quantitative estimate of drug-likeness (QED) is 0.847. The number of aromatic nitrogens is 1. The fraction of sp³-hybridized carbons (Fsp3) is 0. The predicted octanol–water partition coefficient (Wildman–Crippen LogP) is 2.57. The first-order valence-corrected chi connectivity index (χ1v) is 5.97. The van der Waals surface area contributed by atoms with Crippen molar-refractivity contribution >= 4 is 23.6 Å². The van der Waals surface area contributed by atoms with Crippen LogP contribution in [0.5, 0.6) is 0 Å². The normalized spacial score (nSPS) is 10.5. The third-order valence-corrected chi connectivity index (χ3v) is 2.55. The SMILES string of the molecule is O=C(O)/C=C/c1ccc(NC(=O)c2cncc(F)c2)cc1. The number of nitrogens with one attached hydrogen (secondary N) is 1. The molecule has 0 aliphatic heterocycles. The molecule has 0 bridgehead atoms. The number of aliphatic carboxylic acids is 1. The van der Waals surface area contributed by atoms with E-state index in [0.717, 1.165) is 18.3 Å². The molecular weight excluding hydrogens is 275 g/mol. The summed E-state index contributed by atoms with van der Waals surface area (Å²) < 4.78 is 13.0. The van der Waals surface area contributed by atoms with Gasteiger partial charge in [-0.05, 0) is 29.8 Å². The number of carbonyl (C=O) groups is 2. The van der Waals surface area contributed by atoms with Gasteiger partial charge in [0.05, 0.1) is 11.8 Å². The second-order valence-electron chi connectivity index (χ2n) is 4.14. The molecule has 106 valence electrons. The van der Waals surface area contributed by atoms with E-state index in [-0.39, 0.29) is 5.56 Å². The fourth-order valence-corrected chi connectivity index (χ4v) is 1.58. The number of anilines is 1. The van der Waals surface area contributed by atoms with Gasteiger partial charge in [-0.1, -0.05) is 12.1 Å². The molecule has 2 rings (SSSR count). The van der Waals surface area contributed by atoms with Crippen LogP contribution < -0.4 is 5.32 Å². The van der Waals surface area contributed by atoms with E-state index in [4.69, 9.17) is 5.11 Å². The molecule has 2 aromatic rings. The van der Waals surface area contributed by atoms with E-state index >= 15 is 0 Å². The van der Waals surface area contributed by atoms with Crippen LogP contribution in [0.4, 0.5) is 10.1 Å². The van der Waals surface area contributed by atoms with Crippen LogP contribution in [0.2, 0.25) is 0 Å². The number of benzene rings is 1. The average molecular weight is 286 g/mol. The summed E-state index contributed by atoms with van der Waals surface area (Å²) in [6.45, 7) is 0. The lowest BCUT2D eigenvalue weighted by molar-refractivity contribution is -0.131. The van der Waals surface area contributed by atoms with Gasteiger partial charge in [0.15, 0.2) is 0 Å². The topological polar surface area (TPSA) is 79.3 Å². The molecule has 0 aliphatic carbocycles. The maximum Gasteiger partial charge on any atom is 0.328 e. The van der Waals surface area contributed by atoms with Gasteiger partial charge >= 0.3 is 5.97 Å². The van der Waals surface area contributed by atoms with Gasteiger partial charge in [0, 0.05) is 18.0 Å². The lowest BCUT2D eigenvalue weighted by Gasteiger charge is -2.05. The van der Waals surface area contributed by atoms with Gasteiger partial charge in [0.1, 0.15) is 5.82 Å². The largest absolute Gasteiger partial charge is 0.478 e.